The lowest BCUT2D eigenvalue weighted by Gasteiger charge is -2.27. The molecule has 1 aliphatic rings. The lowest BCUT2D eigenvalue weighted by molar-refractivity contribution is -0.139. The Bertz CT molecular complexity index is 218. The second kappa shape index (κ2) is 3.42. The van der Waals surface area contributed by atoms with Crippen LogP contribution in [-0.2, 0) is 4.79 Å². The molecular formula is C9H19NO2Si. The Morgan fingerprint density at radius 3 is 2.54 bits per heavy atom. The number of nitrogens with two attached hydrogens (primary N) is 1. The zero-order chi connectivity index (χ0) is 10.1. The summed E-state index contributed by atoms with van der Waals surface area (Å²) in [4.78, 5) is 10.7. The monoisotopic (exact) mass is 201 g/mol. The van der Waals surface area contributed by atoms with Gasteiger partial charge in [-0.05, 0) is 18.4 Å². The van der Waals surface area contributed by atoms with Crippen LogP contribution < -0.4 is 5.73 Å². The van der Waals surface area contributed by atoms with Crippen LogP contribution in [0.5, 0.6) is 0 Å². The van der Waals surface area contributed by atoms with E-state index in [2.05, 4.69) is 13.1 Å². The molecule has 0 spiro atoms. The molecule has 76 valence electrons. The van der Waals surface area contributed by atoms with E-state index in [0.717, 1.165) is 12.5 Å². The molecule has 0 aromatic carbocycles. The van der Waals surface area contributed by atoms with E-state index in [9.17, 15) is 4.79 Å². The van der Waals surface area contributed by atoms with Gasteiger partial charge in [0.2, 0.25) is 0 Å². The second-order valence-electron chi connectivity index (χ2n) is 5.12. The molecule has 0 amide bonds. The third kappa shape index (κ3) is 2.54. The normalized spacial score (nSPS) is 31.9. The third-order valence-corrected chi connectivity index (χ3v) is 6.46. The molecule has 0 aliphatic carbocycles. The van der Waals surface area contributed by atoms with Crippen LogP contribution in [0.4, 0.5) is 0 Å². The highest BCUT2D eigenvalue weighted by molar-refractivity contribution is 6.78. The van der Waals surface area contributed by atoms with Gasteiger partial charge in [0.25, 0.3) is 0 Å². The summed E-state index contributed by atoms with van der Waals surface area (Å²) < 4.78 is 0. The van der Waals surface area contributed by atoms with Crippen molar-refractivity contribution in [3.63, 3.8) is 0 Å². The summed E-state index contributed by atoms with van der Waals surface area (Å²) in [5.74, 6) is -0.697. The van der Waals surface area contributed by atoms with E-state index in [1.54, 1.807) is 0 Å². The number of hydrogen-bond donors (Lipinski definition) is 2. The van der Waals surface area contributed by atoms with Crippen molar-refractivity contribution in [2.75, 3.05) is 6.54 Å². The van der Waals surface area contributed by atoms with Crippen LogP contribution in [0.2, 0.25) is 25.2 Å². The van der Waals surface area contributed by atoms with E-state index in [0.29, 0.717) is 6.54 Å². The third-order valence-electron chi connectivity index (χ3n) is 3.14. The van der Waals surface area contributed by atoms with Gasteiger partial charge in [-0.15, -0.1) is 0 Å². The summed E-state index contributed by atoms with van der Waals surface area (Å²) in [7, 11) is -1.11. The molecule has 0 radical (unpaired) electrons. The minimum Gasteiger partial charge on any atom is -0.481 e. The number of carbonyl (C=O) groups is 1. The van der Waals surface area contributed by atoms with E-state index < -0.39 is 14.0 Å². The van der Waals surface area contributed by atoms with Gasteiger partial charge in [-0.3, -0.25) is 4.79 Å². The van der Waals surface area contributed by atoms with Gasteiger partial charge in [-0.2, -0.15) is 0 Å². The maximum Gasteiger partial charge on any atom is 0.303 e. The molecule has 3 N–H and O–H groups in total. The predicted molar refractivity (Wildman–Crippen MR) is 55.5 cm³/mol. The smallest absolute Gasteiger partial charge is 0.303 e. The van der Waals surface area contributed by atoms with E-state index in [1.165, 1.54) is 6.04 Å². The number of carboxylic acid groups (broad SMARTS) is 1. The maximum atomic E-state index is 10.7. The predicted octanol–water partition coefficient (Wildman–Crippen LogP) is 1.52. The van der Waals surface area contributed by atoms with Gasteiger partial charge in [0.15, 0.2) is 0 Å². The van der Waals surface area contributed by atoms with Gasteiger partial charge >= 0.3 is 5.97 Å². The lowest BCUT2D eigenvalue weighted by atomic mass is 9.84. The van der Waals surface area contributed by atoms with Crippen molar-refractivity contribution in [2.45, 2.75) is 38.0 Å². The average Bonchev–Trinajstić information content (AvgIpc) is 2.26. The zero-order valence-corrected chi connectivity index (χ0v) is 9.47. The standard InChI is InChI=1S/C9H19NO2Si/c1-13(2)4-3-9(6-10,7-13)5-8(11)12/h3-7,10H2,1-2H3,(H,11,12). The zero-order valence-electron chi connectivity index (χ0n) is 8.47. The molecule has 1 fully saturated rings. The van der Waals surface area contributed by atoms with Crippen molar-refractivity contribution in [3.8, 4) is 0 Å². The fraction of sp³-hybridized carbons (Fsp3) is 0.889. The van der Waals surface area contributed by atoms with Crippen molar-refractivity contribution in [3.05, 3.63) is 0 Å². The fourth-order valence-corrected chi connectivity index (χ4v) is 6.37. The molecule has 1 heterocycles. The number of rotatable bonds is 3. The van der Waals surface area contributed by atoms with Crippen LogP contribution in [-0.4, -0.2) is 25.7 Å². The molecule has 13 heavy (non-hydrogen) atoms. The number of carboxylic acids is 1. The minimum atomic E-state index is -1.11. The maximum absolute atomic E-state index is 10.7. The average molecular weight is 201 g/mol. The van der Waals surface area contributed by atoms with Gasteiger partial charge in [0.05, 0.1) is 6.42 Å². The molecule has 0 aromatic heterocycles. The summed E-state index contributed by atoms with van der Waals surface area (Å²) in [5, 5.41) is 8.80. The van der Waals surface area contributed by atoms with Crippen molar-refractivity contribution < 1.29 is 9.90 Å². The van der Waals surface area contributed by atoms with Crippen molar-refractivity contribution in [1.29, 1.82) is 0 Å². The Kier molecular flexibility index (Phi) is 2.82. The first kappa shape index (κ1) is 10.7. The van der Waals surface area contributed by atoms with Crippen LogP contribution in [0, 0.1) is 5.41 Å². The van der Waals surface area contributed by atoms with E-state index in [4.69, 9.17) is 10.8 Å². The van der Waals surface area contributed by atoms with Gasteiger partial charge in [0, 0.05) is 8.07 Å². The van der Waals surface area contributed by atoms with Crippen LogP contribution in [0.15, 0.2) is 0 Å². The Hall–Kier alpha value is -0.353. The summed E-state index contributed by atoms with van der Waals surface area (Å²) in [6, 6.07) is 2.32. The van der Waals surface area contributed by atoms with E-state index in [-0.39, 0.29) is 11.8 Å². The molecule has 0 saturated carbocycles. The molecule has 4 heteroatoms. The van der Waals surface area contributed by atoms with E-state index >= 15 is 0 Å². The summed E-state index contributed by atoms with van der Waals surface area (Å²) in [6.07, 6.45) is 1.29. The quantitative estimate of drug-likeness (QED) is 0.680. The molecule has 1 atom stereocenters. The molecule has 0 aromatic rings. The second-order valence-corrected chi connectivity index (χ2v) is 10.3. The van der Waals surface area contributed by atoms with Gasteiger partial charge in [-0.25, -0.2) is 0 Å². The first-order valence-electron chi connectivity index (χ1n) is 4.81. The van der Waals surface area contributed by atoms with Gasteiger partial charge in [-0.1, -0.05) is 25.2 Å². The van der Waals surface area contributed by atoms with Crippen molar-refractivity contribution in [2.24, 2.45) is 11.1 Å². The number of aliphatic carboxylic acids is 1. The molecule has 1 aliphatic heterocycles. The first-order valence-corrected chi connectivity index (χ1v) is 8.23. The largest absolute Gasteiger partial charge is 0.481 e. The summed E-state index contributed by atoms with van der Waals surface area (Å²) >= 11 is 0. The molecule has 1 saturated heterocycles. The molecule has 1 unspecified atom stereocenters. The lowest BCUT2D eigenvalue weighted by Crippen LogP contribution is -2.33. The number of hydrogen-bond acceptors (Lipinski definition) is 2. The summed E-state index contributed by atoms with van der Waals surface area (Å²) in [6.45, 7) is 5.19. The van der Waals surface area contributed by atoms with Gasteiger partial charge < -0.3 is 10.8 Å². The Balaban J connectivity index is 2.68. The van der Waals surface area contributed by atoms with Gasteiger partial charge in [0.1, 0.15) is 0 Å². The summed E-state index contributed by atoms with van der Waals surface area (Å²) in [5.41, 5.74) is 5.63. The topological polar surface area (TPSA) is 63.3 Å². The highest BCUT2D eigenvalue weighted by atomic mass is 28.3. The highest BCUT2D eigenvalue weighted by Crippen LogP contribution is 2.46. The van der Waals surface area contributed by atoms with Crippen LogP contribution in [0.3, 0.4) is 0 Å². The van der Waals surface area contributed by atoms with Crippen LogP contribution in [0.25, 0.3) is 0 Å². The molecule has 1 rings (SSSR count). The van der Waals surface area contributed by atoms with Crippen LogP contribution in [0.1, 0.15) is 12.8 Å². The Labute approximate surface area is 80.3 Å². The van der Waals surface area contributed by atoms with E-state index in [1.807, 2.05) is 0 Å². The highest BCUT2D eigenvalue weighted by Gasteiger charge is 2.44. The fourth-order valence-electron chi connectivity index (χ4n) is 2.51. The Morgan fingerprint density at radius 2 is 2.23 bits per heavy atom. The van der Waals surface area contributed by atoms with Crippen molar-refractivity contribution in [1.82, 2.24) is 0 Å². The molecular weight excluding hydrogens is 182 g/mol. The Morgan fingerprint density at radius 1 is 1.62 bits per heavy atom. The van der Waals surface area contributed by atoms with Crippen LogP contribution >= 0.6 is 0 Å². The van der Waals surface area contributed by atoms with Crippen molar-refractivity contribution >= 4 is 14.0 Å². The SMILES string of the molecule is C[Si]1(C)CCC(CN)(CC(=O)O)C1. The molecule has 3 nitrogen and oxygen atoms in total. The minimum absolute atomic E-state index is 0.0679. The first-order chi connectivity index (χ1) is 5.89. The molecule has 0 bridgehead atoms.